The number of aromatic nitrogens is 4. The molecule has 4 aromatic rings. The third-order valence-electron chi connectivity index (χ3n) is 6.36. The van der Waals surface area contributed by atoms with Gasteiger partial charge < -0.3 is 14.6 Å². The molecule has 34 heavy (non-hydrogen) atoms. The summed E-state index contributed by atoms with van der Waals surface area (Å²) < 4.78 is 34.0. The maximum atomic E-state index is 14.9. The number of piperidine rings is 1. The number of benzene rings is 2. The lowest BCUT2D eigenvalue weighted by Gasteiger charge is -2.40. The fraction of sp³-hybridized carbons (Fsp3) is 0.333. The summed E-state index contributed by atoms with van der Waals surface area (Å²) >= 11 is 0. The van der Waals surface area contributed by atoms with Crippen LogP contribution in [0, 0.1) is 24.5 Å². The molecule has 1 aliphatic rings. The second-order valence-electron chi connectivity index (χ2n) is 8.60. The van der Waals surface area contributed by atoms with E-state index in [2.05, 4.69) is 27.4 Å². The first-order chi connectivity index (χ1) is 16.4. The number of hydrogen-bond donors (Lipinski definition) is 1. The van der Waals surface area contributed by atoms with Crippen LogP contribution in [0.2, 0.25) is 0 Å². The minimum absolute atomic E-state index is 0.0425. The van der Waals surface area contributed by atoms with Crippen LogP contribution >= 0.6 is 0 Å². The Bertz CT molecular complexity index is 1340. The first-order valence-electron chi connectivity index (χ1n) is 11.2. The minimum atomic E-state index is -0.566. The number of oxazole rings is 1. The summed E-state index contributed by atoms with van der Waals surface area (Å²) in [5, 5.41) is 11.3. The number of nitrogens with one attached hydrogen (secondary N) is 1. The van der Waals surface area contributed by atoms with E-state index in [9.17, 15) is 13.6 Å². The summed E-state index contributed by atoms with van der Waals surface area (Å²) in [4.78, 5) is 21.1. The maximum Gasteiger partial charge on any atom is 0.295 e. The molecule has 0 unspecified atom stereocenters. The molecule has 0 bridgehead atoms. The molecule has 0 saturated carbocycles. The highest BCUT2D eigenvalue weighted by Gasteiger charge is 2.35. The summed E-state index contributed by atoms with van der Waals surface area (Å²) in [5.41, 5.74) is 1.82. The molecule has 1 N–H and O–H groups in total. The van der Waals surface area contributed by atoms with Crippen molar-refractivity contribution in [2.24, 2.45) is 5.92 Å². The Morgan fingerprint density at radius 3 is 2.79 bits per heavy atom. The van der Waals surface area contributed by atoms with Crippen LogP contribution in [0.25, 0.3) is 16.8 Å². The molecule has 1 amide bonds. The highest BCUT2D eigenvalue weighted by Crippen LogP contribution is 2.29. The van der Waals surface area contributed by atoms with Crippen molar-refractivity contribution < 1.29 is 18.0 Å². The van der Waals surface area contributed by atoms with Crippen LogP contribution in [-0.4, -0.2) is 49.9 Å². The maximum absolute atomic E-state index is 14.9. The highest BCUT2D eigenvalue weighted by molar-refractivity contribution is 5.99. The molecule has 10 heteroatoms. The van der Waals surface area contributed by atoms with Crippen molar-refractivity contribution in [3.8, 4) is 5.69 Å². The molecule has 2 aromatic heterocycles. The van der Waals surface area contributed by atoms with E-state index in [-0.39, 0.29) is 35.1 Å². The van der Waals surface area contributed by atoms with Crippen LogP contribution in [0.3, 0.4) is 0 Å². The Balaban J connectivity index is 1.44. The molecule has 3 heterocycles. The Morgan fingerprint density at radius 2 is 2.00 bits per heavy atom. The lowest BCUT2D eigenvalue weighted by atomic mass is 9.89. The van der Waals surface area contributed by atoms with Crippen molar-refractivity contribution in [2.75, 3.05) is 18.4 Å². The molecule has 8 nitrogen and oxygen atoms in total. The Kier molecular flexibility index (Phi) is 5.72. The van der Waals surface area contributed by atoms with Gasteiger partial charge in [-0.1, -0.05) is 13.0 Å². The second kappa shape index (κ2) is 8.85. The zero-order chi connectivity index (χ0) is 23.8. The molecule has 1 aliphatic heterocycles. The first kappa shape index (κ1) is 22.0. The second-order valence-corrected chi connectivity index (χ2v) is 8.60. The molecular weight excluding hydrogens is 442 g/mol. The lowest BCUT2D eigenvalue weighted by Crippen LogP contribution is -2.51. The molecule has 0 aliphatic carbocycles. The summed E-state index contributed by atoms with van der Waals surface area (Å²) in [5.74, 6) is -1.06. The van der Waals surface area contributed by atoms with Gasteiger partial charge in [0.15, 0.2) is 11.4 Å². The van der Waals surface area contributed by atoms with E-state index < -0.39 is 11.6 Å². The van der Waals surface area contributed by atoms with Gasteiger partial charge in [0.05, 0.1) is 24.0 Å². The summed E-state index contributed by atoms with van der Waals surface area (Å²) in [6.07, 6.45) is 4.68. The molecule has 1 fully saturated rings. The molecule has 0 radical (unpaired) electrons. The van der Waals surface area contributed by atoms with Crippen LogP contribution < -0.4 is 5.32 Å². The lowest BCUT2D eigenvalue weighted by molar-refractivity contribution is 0.0537. The Labute approximate surface area is 194 Å². The van der Waals surface area contributed by atoms with E-state index in [4.69, 9.17) is 4.42 Å². The molecule has 2 aromatic carbocycles. The topological polar surface area (TPSA) is 89.1 Å². The van der Waals surface area contributed by atoms with Gasteiger partial charge in [-0.3, -0.25) is 4.79 Å². The first-order valence-corrected chi connectivity index (χ1v) is 11.2. The third kappa shape index (κ3) is 4.00. The van der Waals surface area contributed by atoms with Crippen LogP contribution in [-0.2, 0) is 0 Å². The van der Waals surface area contributed by atoms with E-state index in [1.54, 1.807) is 24.0 Å². The predicted octanol–water partition coefficient (Wildman–Crippen LogP) is 4.35. The smallest absolute Gasteiger partial charge is 0.295 e. The van der Waals surface area contributed by atoms with Crippen molar-refractivity contribution >= 4 is 23.0 Å². The number of amides is 1. The van der Waals surface area contributed by atoms with Gasteiger partial charge in [-0.2, -0.15) is 15.2 Å². The van der Waals surface area contributed by atoms with E-state index in [1.165, 1.54) is 30.6 Å². The van der Waals surface area contributed by atoms with Crippen LogP contribution in [0.15, 0.2) is 47.1 Å². The molecular formula is C24H24F2N6O2. The number of nitrogens with zero attached hydrogens (tertiary/aromatic N) is 5. The third-order valence-corrected chi connectivity index (χ3v) is 6.36. The standard InChI is InChI=1S/C24H24F2N6O2/c1-14-4-3-11-31(19(14)13-27-24-30-18-8-6-16(25)12-20(18)34-24)23(33)21-15(2)5-7-17(26)22(21)32-28-9-10-29-32/h5-10,12,14,19H,3-4,11,13H2,1-2H3,(H,27,30)/t14-,19-/m1/s1. The highest BCUT2D eigenvalue weighted by atomic mass is 19.1. The minimum Gasteiger partial charge on any atom is -0.423 e. The Hall–Kier alpha value is -3.82. The number of carbonyl (C=O) groups is 1. The largest absolute Gasteiger partial charge is 0.423 e. The van der Waals surface area contributed by atoms with Crippen molar-refractivity contribution in [1.82, 2.24) is 24.9 Å². The number of halogens is 2. The zero-order valence-corrected chi connectivity index (χ0v) is 18.8. The number of aryl methyl sites for hydroxylation is 1. The fourth-order valence-corrected chi connectivity index (χ4v) is 4.59. The quantitative estimate of drug-likeness (QED) is 0.471. The molecule has 5 rings (SSSR count). The zero-order valence-electron chi connectivity index (χ0n) is 18.8. The Morgan fingerprint density at radius 1 is 1.21 bits per heavy atom. The monoisotopic (exact) mass is 466 g/mol. The van der Waals surface area contributed by atoms with Gasteiger partial charge in [-0.25, -0.2) is 8.78 Å². The van der Waals surface area contributed by atoms with Crippen LogP contribution in [0.1, 0.15) is 35.7 Å². The van der Waals surface area contributed by atoms with Gasteiger partial charge in [0.2, 0.25) is 0 Å². The van der Waals surface area contributed by atoms with E-state index >= 15 is 0 Å². The van der Waals surface area contributed by atoms with Gasteiger partial charge in [-0.15, -0.1) is 4.80 Å². The van der Waals surface area contributed by atoms with Crippen LogP contribution in [0.5, 0.6) is 0 Å². The van der Waals surface area contributed by atoms with Crippen molar-refractivity contribution in [1.29, 1.82) is 0 Å². The van der Waals surface area contributed by atoms with Gasteiger partial charge in [0, 0.05) is 19.2 Å². The SMILES string of the molecule is Cc1ccc(F)c(-n2nccn2)c1C(=O)N1CCC[C@@H](C)[C@H]1CNc1nc2ccc(F)cc2o1. The number of hydrogen-bond acceptors (Lipinski definition) is 6. The van der Waals surface area contributed by atoms with Crippen molar-refractivity contribution in [2.45, 2.75) is 32.7 Å². The molecule has 176 valence electrons. The predicted molar refractivity (Wildman–Crippen MR) is 122 cm³/mol. The summed E-state index contributed by atoms with van der Waals surface area (Å²) in [6.45, 7) is 4.78. The van der Waals surface area contributed by atoms with Gasteiger partial charge in [0.1, 0.15) is 17.0 Å². The summed E-state index contributed by atoms with van der Waals surface area (Å²) in [6, 6.07) is 7.14. The van der Waals surface area contributed by atoms with Gasteiger partial charge in [0.25, 0.3) is 11.9 Å². The fourth-order valence-electron chi connectivity index (χ4n) is 4.59. The number of likely N-dealkylation sites (tertiary alicyclic amines) is 1. The van der Waals surface area contributed by atoms with Crippen molar-refractivity contribution in [3.63, 3.8) is 0 Å². The average molecular weight is 466 g/mol. The van der Waals surface area contributed by atoms with Crippen molar-refractivity contribution in [3.05, 3.63) is 65.5 Å². The number of fused-ring (bicyclic) bond motifs is 1. The van der Waals surface area contributed by atoms with Crippen LogP contribution in [0.4, 0.5) is 14.8 Å². The van der Waals surface area contributed by atoms with E-state index in [1.807, 2.05) is 0 Å². The number of carbonyl (C=O) groups excluding carboxylic acids is 1. The van der Waals surface area contributed by atoms with Gasteiger partial charge in [-0.05, 0) is 49.4 Å². The average Bonchev–Trinajstić information content (AvgIpc) is 3.48. The molecule has 0 spiro atoms. The van der Waals surface area contributed by atoms with Gasteiger partial charge >= 0.3 is 0 Å². The van der Waals surface area contributed by atoms with E-state index in [0.29, 0.717) is 29.8 Å². The van der Waals surface area contributed by atoms with E-state index in [0.717, 1.165) is 17.6 Å². The molecule has 2 atom stereocenters. The number of rotatable bonds is 5. The number of anilines is 1. The summed E-state index contributed by atoms with van der Waals surface area (Å²) in [7, 11) is 0. The molecule has 1 saturated heterocycles. The normalized spacial score (nSPS) is 18.4.